The van der Waals surface area contributed by atoms with Crippen LogP contribution in [0.15, 0.2) is 0 Å². The highest BCUT2D eigenvalue weighted by atomic mass is 16.6. The summed E-state index contributed by atoms with van der Waals surface area (Å²) in [5, 5.41) is 9.23. The van der Waals surface area contributed by atoms with E-state index in [-0.39, 0.29) is 36.6 Å². The summed E-state index contributed by atoms with van der Waals surface area (Å²) in [6.45, 7) is 15.9. The summed E-state index contributed by atoms with van der Waals surface area (Å²) >= 11 is 0. The normalized spacial score (nSPS) is 22.7. The van der Waals surface area contributed by atoms with Crippen molar-refractivity contribution in [1.82, 2.24) is 0 Å². The van der Waals surface area contributed by atoms with Crippen LogP contribution in [0.5, 0.6) is 0 Å². The molecule has 1 N–H and O–H groups in total. The summed E-state index contributed by atoms with van der Waals surface area (Å²) in [4.78, 5) is 0. The molecule has 1 saturated heterocycles. The first-order chi connectivity index (χ1) is 14.8. The van der Waals surface area contributed by atoms with Gasteiger partial charge in [-0.1, -0.05) is 0 Å². The number of hydrogen-bond acceptors (Lipinski definition) is 8. The molecule has 1 heterocycles. The molecule has 7 unspecified atom stereocenters. The highest BCUT2D eigenvalue weighted by Crippen LogP contribution is 2.12. The van der Waals surface area contributed by atoms with Crippen molar-refractivity contribution in [3.05, 3.63) is 0 Å². The summed E-state index contributed by atoms with van der Waals surface area (Å²) in [6, 6.07) is 0. The molecule has 0 saturated carbocycles. The van der Waals surface area contributed by atoms with Gasteiger partial charge < -0.3 is 38.3 Å². The Morgan fingerprint density at radius 2 is 1.10 bits per heavy atom. The molecule has 0 aromatic rings. The zero-order valence-corrected chi connectivity index (χ0v) is 20.4. The molecule has 7 atom stereocenters. The van der Waals surface area contributed by atoms with Gasteiger partial charge in [0.05, 0.1) is 89.0 Å². The van der Waals surface area contributed by atoms with Crippen LogP contribution in [-0.2, 0) is 33.2 Å². The minimum atomic E-state index is -0.468. The number of aliphatic hydroxyl groups excluding tert-OH is 1. The molecule has 1 aliphatic rings. The van der Waals surface area contributed by atoms with Crippen molar-refractivity contribution in [2.75, 3.05) is 52.9 Å². The first kappa shape index (κ1) is 28.7. The molecule has 0 radical (unpaired) electrons. The van der Waals surface area contributed by atoms with Gasteiger partial charge in [0.25, 0.3) is 0 Å². The Morgan fingerprint density at radius 3 is 1.48 bits per heavy atom. The Morgan fingerprint density at radius 1 is 0.677 bits per heavy atom. The molecule has 8 heteroatoms. The first-order valence-electron chi connectivity index (χ1n) is 11.7. The van der Waals surface area contributed by atoms with Crippen LogP contribution in [-0.4, -0.2) is 101 Å². The molecule has 186 valence electrons. The third kappa shape index (κ3) is 16.0. The standard InChI is InChI=1S/C23H46O8/c1-17(24)10-27-19(3)12-29-21(5)14-31-22(6)15-30-20(4)13-28-18(2)11-25-16-23-8-7-9-26-23/h17-24H,7-16H2,1-6H3. The van der Waals surface area contributed by atoms with Crippen molar-refractivity contribution in [1.29, 1.82) is 0 Å². The van der Waals surface area contributed by atoms with Crippen LogP contribution in [0.3, 0.4) is 0 Å². The van der Waals surface area contributed by atoms with E-state index in [0.29, 0.717) is 46.2 Å². The van der Waals surface area contributed by atoms with Gasteiger partial charge in [-0.2, -0.15) is 0 Å². The molecule has 0 amide bonds. The van der Waals surface area contributed by atoms with E-state index < -0.39 is 6.10 Å². The van der Waals surface area contributed by atoms with E-state index >= 15 is 0 Å². The van der Waals surface area contributed by atoms with Crippen LogP contribution in [0.4, 0.5) is 0 Å². The predicted octanol–water partition coefficient (Wildman–Crippen LogP) is 2.59. The van der Waals surface area contributed by atoms with Gasteiger partial charge in [0.15, 0.2) is 0 Å². The Bertz CT molecular complexity index is 416. The maximum atomic E-state index is 9.23. The van der Waals surface area contributed by atoms with E-state index in [1.807, 2.05) is 34.6 Å². The summed E-state index contributed by atoms with van der Waals surface area (Å²) < 4.78 is 39.9. The predicted molar refractivity (Wildman–Crippen MR) is 119 cm³/mol. The zero-order valence-electron chi connectivity index (χ0n) is 20.4. The minimum Gasteiger partial charge on any atom is -0.391 e. The lowest BCUT2D eigenvalue weighted by Gasteiger charge is -2.22. The lowest BCUT2D eigenvalue weighted by molar-refractivity contribution is -0.103. The van der Waals surface area contributed by atoms with Gasteiger partial charge in [-0.25, -0.2) is 0 Å². The third-order valence-electron chi connectivity index (χ3n) is 4.76. The largest absolute Gasteiger partial charge is 0.391 e. The molecule has 0 aliphatic carbocycles. The molecule has 1 aliphatic heterocycles. The SMILES string of the molecule is CC(O)COC(C)COC(C)COC(C)COC(C)COC(C)COCC1CCCO1. The first-order valence-corrected chi connectivity index (χ1v) is 11.7. The second-order valence-electron chi connectivity index (χ2n) is 8.74. The van der Waals surface area contributed by atoms with Crippen LogP contribution in [0.25, 0.3) is 0 Å². The van der Waals surface area contributed by atoms with Gasteiger partial charge in [-0.05, 0) is 54.4 Å². The van der Waals surface area contributed by atoms with Crippen molar-refractivity contribution in [2.24, 2.45) is 0 Å². The topological polar surface area (TPSA) is 84.8 Å². The average Bonchev–Trinajstić information content (AvgIpc) is 3.25. The van der Waals surface area contributed by atoms with Gasteiger partial charge in [-0.3, -0.25) is 0 Å². The molecule has 31 heavy (non-hydrogen) atoms. The lowest BCUT2D eigenvalue weighted by atomic mass is 10.2. The van der Waals surface area contributed by atoms with Crippen LogP contribution >= 0.6 is 0 Å². The Hall–Kier alpha value is -0.320. The molecule has 0 aromatic heterocycles. The molecule has 0 spiro atoms. The number of rotatable bonds is 19. The number of ether oxygens (including phenoxy) is 7. The fourth-order valence-corrected chi connectivity index (χ4v) is 2.88. The van der Waals surface area contributed by atoms with Crippen molar-refractivity contribution < 1.29 is 38.3 Å². The van der Waals surface area contributed by atoms with Gasteiger partial charge in [0.2, 0.25) is 0 Å². The second-order valence-corrected chi connectivity index (χ2v) is 8.74. The summed E-state index contributed by atoms with van der Waals surface area (Å²) in [5.74, 6) is 0. The Balaban J connectivity index is 2.00. The number of hydrogen-bond donors (Lipinski definition) is 1. The number of aliphatic hydroxyl groups is 1. The van der Waals surface area contributed by atoms with E-state index in [0.717, 1.165) is 19.4 Å². The highest BCUT2D eigenvalue weighted by Gasteiger charge is 2.16. The van der Waals surface area contributed by atoms with E-state index in [1.54, 1.807) is 6.92 Å². The fourth-order valence-electron chi connectivity index (χ4n) is 2.88. The van der Waals surface area contributed by atoms with Gasteiger partial charge >= 0.3 is 0 Å². The van der Waals surface area contributed by atoms with E-state index in [4.69, 9.17) is 33.2 Å². The van der Waals surface area contributed by atoms with Crippen LogP contribution in [0.1, 0.15) is 54.4 Å². The fraction of sp³-hybridized carbons (Fsp3) is 1.00. The van der Waals surface area contributed by atoms with Crippen molar-refractivity contribution in [3.63, 3.8) is 0 Å². The second kappa shape index (κ2) is 17.2. The maximum absolute atomic E-state index is 9.23. The molecule has 0 aromatic carbocycles. The Kier molecular flexibility index (Phi) is 15.9. The summed E-state index contributed by atoms with van der Waals surface area (Å²) in [6.07, 6.45) is 1.84. The van der Waals surface area contributed by atoms with Crippen molar-refractivity contribution in [2.45, 2.75) is 97.1 Å². The quantitative estimate of drug-likeness (QED) is 0.321. The smallest absolute Gasteiger partial charge is 0.0809 e. The third-order valence-corrected chi connectivity index (χ3v) is 4.76. The maximum Gasteiger partial charge on any atom is 0.0809 e. The van der Waals surface area contributed by atoms with Gasteiger partial charge in [0.1, 0.15) is 0 Å². The van der Waals surface area contributed by atoms with Crippen molar-refractivity contribution >= 4 is 0 Å². The van der Waals surface area contributed by atoms with E-state index in [1.165, 1.54) is 0 Å². The molecule has 1 rings (SSSR count). The average molecular weight is 451 g/mol. The van der Waals surface area contributed by atoms with Gasteiger partial charge in [-0.15, -0.1) is 0 Å². The summed E-state index contributed by atoms with van der Waals surface area (Å²) in [7, 11) is 0. The molecule has 1 fully saturated rings. The van der Waals surface area contributed by atoms with Gasteiger partial charge in [0, 0.05) is 6.61 Å². The Labute approximate surface area is 188 Å². The minimum absolute atomic E-state index is 0.0195. The van der Waals surface area contributed by atoms with E-state index in [2.05, 4.69) is 0 Å². The van der Waals surface area contributed by atoms with Crippen LogP contribution in [0.2, 0.25) is 0 Å². The van der Waals surface area contributed by atoms with Crippen molar-refractivity contribution in [3.8, 4) is 0 Å². The molecule has 0 bridgehead atoms. The molecular formula is C23H46O8. The molecular weight excluding hydrogens is 404 g/mol. The molecule has 8 nitrogen and oxygen atoms in total. The lowest BCUT2D eigenvalue weighted by Crippen LogP contribution is -2.29. The van der Waals surface area contributed by atoms with E-state index in [9.17, 15) is 5.11 Å². The van der Waals surface area contributed by atoms with Crippen LogP contribution in [0, 0.1) is 0 Å². The van der Waals surface area contributed by atoms with Crippen LogP contribution < -0.4 is 0 Å². The zero-order chi connectivity index (χ0) is 23.1. The monoisotopic (exact) mass is 450 g/mol. The highest BCUT2D eigenvalue weighted by molar-refractivity contribution is 4.64. The summed E-state index contributed by atoms with van der Waals surface area (Å²) in [5.41, 5.74) is 0.